The zero-order valence-corrected chi connectivity index (χ0v) is 12.1. The maximum absolute atomic E-state index is 11.6. The van der Waals surface area contributed by atoms with Gasteiger partial charge in [-0.15, -0.1) is 0 Å². The van der Waals surface area contributed by atoms with Crippen molar-refractivity contribution in [3.05, 3.63) is 22.7 Å². The maximum Gasteiger partial charge on any atom is 0.157 e. The Morgan fingerprint density at radius 3 is 2.50 bits per heavy atom. The summed E-state index contributed by atoms with van der Waals surface area (Å²) in [6.45, 7) is 1.60. The number of hydrogen-bond acceptors (Lipinski definition) is 4. The molecule has 1 aromatic heterocycles. The lowest BCUT2D eigenvalue weighted by atomic mass is 10.0. The van der Waals surface area contributed by atoms with Crippen LogP contribution < -0.4 is 0 Å². The van der Waals surface area contributed by atoms with E-state index < -0.39 is 15.1 Å². The van der Waals surface area contributed by atoms with Crippen molar-refractivity contribution in [1.29, 1.82) is 0 Å². The van der Waals surface area contributed by atoms with Crippen LogP contribution in [-0.4, -0.2) is 24.6 Å². The van der Waals surface area contributed by atoms with Crippen molar-refractivity contribution in [3.8, 4) is 0 Å². The number of nitrogens with zero attached hydrogens (tertiary/aromatic N) is 2. The SMILES string of the molecule is CC(c1nc(Cl)cc(C2CCCC2)n1)S(C)(=O)=O. The van der Waals surface area contributed by atoms with E-state index in [9.17, 15) is 8.42 Å². The fraction of sp³-hybridized carbons (Fsp3) is 0.667. The fourth-order valence-corrected chi connectivity index (χ4v) is 2.94. The molecule has 0 aromatic carbocycles. The van der Waals surface area contributed by atoms with Gasteiger partial charge >= 0.3 is 0 Å². The van der Waals surface area contributed by atoms with Crippen molar-refractivity contribution < 1.29 is 8.42 Å². The molecule has 1 heterocycles. The molecule has 1 atom stereocenters. The molecule has 18 heavy (non-hydrogen) atoms. The summed E-state index contributed by atoms with van der Waals surface area (Å²) in [6, 6.07) is 1.76. The quantitative estimate of drug-likeness (QED) is 0.803. The highest BCUT2D eigenvalue weighted by Gasteiger charge is 2.24. The van der Waals surface area contributed by atoms with E-state index in [-0.39, 0.29) is 0 Å². The molecular formula is C12H17ClN2O2S. The Kier molecular flexibility index (Phi) is 3.92. The van der Waals surface area contributed by atoms with Gasteiger partial charge in [0, 0.05) is 17.9 Å². The predicted molar refractivity (Wildman–Crippen MR) is 71.5 cm³/mol. The van der Waals surface area contributed by atoms with Gasteiger partial charge in [-0.1, -0.05) is 24.4 Å². The Bertz CT molecular complexity index is 539. The first-order valence-corrected chi connectivity index (χ1v) is 8.44. The van der Waals surface area contributed by atoms with Gasteiger partial charge in [0.25, 0.3) is 0 Å². The Morgan fingerprint density at radius 1 is 1.33 bits per heavy atom. The van der Waals surface area contributed by atoms with Crippen LogP contribution in [-0.2, 0) is 9.84 Å². The van der Waals surface area contributed by atoms with Crippen LogP contribution >= 0.6 is 11.6 Å². The van der Waals surface area contributed by atoms with E-state index in [0.717, 1.165) is 18.5 Å². The normalized spacial score (nSPS) is 19.1. The van der Waals surface area contributed by atoms with Crippen molar-refractivity contribution in [2.75, 3.05) is 6.26 Å². The van der Waals surface area contributed by atoms with E-state index >= 15 is 0 Å². The van der Waals surface area contributed by atoms with E-state index in [1.807, 2.05) is 0 Å². The lowest BCUT2D eigenvalue weighted by Gasteiger charge is -2.13. The van der Waals surface area contributed by atoms with Crippen LogP contribution in [0.4, 0.5) is 0 Å². The van der Waals surface area contributed by atoms with Crippen LogP contribution in [0.25, 0.3) is 0 Å². The molecule has 0 N–H and O–H groups in total. The van der Waals surface area contributed by atoms with E-state index in [4.69, 9.17) is 11.6 Å². The molecule has 1 saturated carbocycles. The summed E-state index contributed by atoms with van der Waals surface area (Å²) in [4.78, 5) is 8.45. The van der Waals surface area contributed by atoms with Crippen LogP contribution in [0, 0.1) is 0 Å². The molecule has 1 aliphatic carbocycles. The number of rotatable bonds is 3. The van der Waals surface area contributed by atoms with Crippen LogP contribution in [0.3, 0.4) is 0 Å². The van der Waals surface area contributed by atoms with Crippen molar-refractivity contribution in [2.45, 2.75) is 43.8 Å². The Morgan fingerprint density at radius 2 is 1.94 bits per heavy atom. The van der Waals surface area contributed by atoms with Gasteiger partial charge in [-0.2, -0.15) is 0 Å². The van der Waals surface area contributed by atoms with Gasteiger partial charge in [0.1, 0.15) is 16.2 Å². The molecule has 100 valence electrons. The van der Waals surface area contributed by atoms with Crippen LogP contribution in [0.1, 0.15) is 55.3 Å². The topological polar surface area (TPSA) is 59.9 Å². The summed E-state index contributed by atoms with van der Waals surface area (Å²) < 4.78 is 23.1. The van der Waals surface area contributed by atoms with E-state index in [2.05, 4.69) is 9.97 Å². The number of hydrogen-bond donors (Lipinski definition) is 0. The predicted octanol–water partition coefficient (Wildman–Crippen LogP) is 2.89. The average Bonchev–Trinajstić information content (AvgIpc) is 2.79. The first kappa shape index (κ1) is 13.7. The average molecular weight is 289 g/mol. The Balaban J connectivity index is 2.37. The fourth-order valence-electron chi connectivity index (χ4n) is 2.26. The summed E-state index contributed by atoms with van der Waals surface area (Å²) in [5.41, 5.74) is 0.887. The first-order chi connectivity index (χ1) is 8.38. The highest BCUT2D eigenvalue weighted by atomic mass is 35.5. The second-order valence-electron chi connectivity index (χ2n) is 4.93. The second kappa shape index (κ2) is 5.13. The highest BCUT2D eigenvalue weighted by Crippen LogP contribution is 2.34. The third-order valence-electron chi connectivity index (χ3n) is 3.51. The summed E-state index contributed by atoms with van der Waals surface area (Å²) in [6.07, 6.45) is 5.78. The number of aromatic nitrogens is 2. The minimum absolute atomic E-state index is 0.312. The van der Waals surface area contributed by atoms with Gasteiger partial charge in [0.2, 0.25) is 0 Å². The van der Waals surface area contributed by atoms with E-state index in [1.54, 1.807) is 13.0 Å². The highest BCUT2D eigenvalue weighted by molar-refractivity contribution is 7.90. The van der Waals surface area contributed by atoms with Gasteiger partial charge in [0.05, 0.1) is 0 Å². The van der Waals surface area contributed by atoms with E-state index in [1.165, 1.54) is 19.1 Å². The first-order valence-electron chi connectivity index (χ1n) is 6.11. The minimum atomic E-state index is -3.20. The third kappa shape index (κ3) is 3.01. The lowest BCUT2D eigenvalue weighted by Crippen LogP contribution is -2.13. The monoisotopic (exact) mass is 288 g/mol. The van der Waals surface area contributed by atoms with Crippen molar-refractivity contribution in [1.82, 2.24) is 9.97 Å². The largest absolute Gasteiger partial charge is 0.236 e. The van der Waals surface area contributed by atoms with Crippen molar-refractivity contribution in [3.63, 3.8) is 0 Å². The van der Waals surface area contributed by atoms with E-state index in [0.29, 0.717) is 16.9 Å². The van der Waals surface area contributed by atoms with Gasteiger partial charge in [-0.05, 0) is 25.8 Å². The molecule has 0 radical (unpaired) electrons. The van der Waals surface area contributed by atoms with Crippen LogP contribution in [0.5, 0.6) is 0 Å². The molecule has 1 aliphatic rings. The molecule has 1 unspecified atom stereocenters. The smallest absolute Gasteiger partial charge is 0.157 e. The number of halogens is 1. The molecule has 4 nitrogen and oxygen atoms in total. The van der Waals surface area contributed by atoms with Crippen molar-refractivity contribution in [2.24, 2.45) is 0 Å². The molecular weight excluding hydrogens is 272 g/mol. The maximum atomic E-state index is 11.6. The number of sulfone groups is 1. The Hall–Kier alpha value is -0.680. The summed E-state index contributed by atoms with van der Waals surface area (Å²) in [7, 11) is -3.20. The van der Waals surface area contributed by atoms with Gasteiger partial charge in [-0.25, -0.2) is 18.4 Å². The molecule has 0 saturated heterocycles. The van der Waals surface area contributed by atoms with Gasteiger partial charge in [-0.3, -0.25) is 0 Å². The summed E-state index contributed by atoms with van der Waals surface area (Å²) in [5, 5.41) is -0.381. The summed E-state index contributed by atoms with van der Waals surface area (Å²) >= 11 is 5.98. The second-order valence-corrected chi connectivity index (χ2v) is 7.68. The molecule has 0 aliphatic heterocycles. The molecule has 0 spiro atoms. The third-order valence-corrected chi connectivity index (χ3v) is 5.20. The summed E-state index contributed by atoms with van der Waals surface area (Å²) in [5.74, 6) is 0.711. The van der Waals surface area contributed by atoms with Gasteiger partial charge < -0.3 is 0 Å². The molecule has 2 rings (SSSR count). The zero-order chi connectivity index (χ0) is 13.3. The van der Waals surface area contributed by atoms with Crippen LogP contribution in [0.15, 0.2) is 6.07 Å². The zero-order valence-electron chi connectivity index (χ0n) is 10.6. The molecule has 1 aromatic rings. The molecule has 0 bridgehead atoms. The standard InChI is InChI=1S/C12H17ClN2O2S/c1-8(18(2,16)17)12-14-10(7-11(13)15-12)9-5-3-4-6-9/h7-9H,3-6H2,1-2H3. The molecule has 6 heteroatoms. The molecule has 0 amide bonds. The van der Waals surface area contributed by atoms with Crippen molar-refractivity contribution >= 4 is 21.4 Å². The lowest BCUT2D eigenvalue weighted by molar-refractivity contribution is 0.587. The Labute approximate surface area is 113 Å². The minimum Gasteiger partial charge on any atom is -0.236 e. The van der Waals surface area contributed by atoms with Gasteiger partial charge in [0.15, 0.2) is 9.84 Å². The van der Waals surface area contributed by atoms with Crippen LogP contribution in [0.2, 0.25) is 5.15 Å². The molecule has 1 fully saturated rings.